The Morgan fingerprint density at radius 1 is 0.914 bits per heavy atom. The van der Waals surface area contributed by atoms with Crippen molar-refractivity contribution >= 4 is 17.3 Å². The van der Waals surface area contributed by atoms with E-state index in [2.05, 4.69) is 27.9 Å². The van der Waals surface area contributed by atoms with Crippen LogP contribution in [0.5, 0.6) is 5.75 Å². The SMILES string of the molecule is CCc1nn(CCCN2CCN(c3cccc(Cl)c3)CC2)c(=O)n1CCCCOc1ccccc1. The zero-order chi connectivity index (χ0) is 24.5. The topological polar surface area (TPSA) is 55.5 Å². The van der Waals surface area contributed by atoms with E-state index in [9.17, 15) is 4.79 Å². The van der Waals surface area contributed by atoms with E-state index < -0.39 is 0 Å². The highest BCUT2D eigenvalue weighted by molar-refractivity contribution is 6.30. The Kier molecular flexibility index (Phi) is 9.26. The fraction of sp³-hybridized carbons (Fsp3) is 0.481. The summed E-state index contributed by atoms with van der Waals surface area (Å²) in [5, 5.41) is 5.39. The van der Waals surface area contributed by atoms with Crippen LogP contribution < -0.4 is 15.3 Å². The molecule has 2 aromatic carbocycles. The largest absolute Gasteiger partial charge is 0.494 e. The second kappa shape index (κ2) is 12.8. The lowest BCUT2D eigenvalue weighted by atomic mass is 10.2. The third-order valence-electron chi connectivity index (χ3n) is 6.49. The van der Waals surface area contributed by atoms with Gasteiger partial charge in [-0.3, -0.25) is 9.47 Å². The minimum atomic E-state index is 0.0107. The van der Waals surface area contributed by atoms with E-state index in [4.69, 9.17) is 16.3 Å². The van der Waals surface area contributed by atoms with Crippen LogP contribution in [0.25, 0.3) is 0 Å². The second-order valence-electron chi connectivity index (χ2n) is 8.96. The molecule has 0 atom stereocenters. The van der Waals surface area contributed by atoms with E-state index in [-0.39, 0.29) is 5.69 Å². The lowest BCUT2D eigenvalue weighted by molar-refractivity contribution is 0.248. The number of aromatic nitrogens is 3. The van der Waals surface area contributed by atoms with E-state index >= 15 is 0 Å². The van der Waals surface area contributed by atoms with Gasteiger partial charge in [0.05, 0.1) is 6.61 Å². The van der Waals surface area contributed by atoms with Gasteiger partial charge in [-0.25, -0.2) is 9.48 Å². The van der Waals surface area contributed by atoms with E-state index in [0.717, 1.165) is 75.0 Å². The van der Waals surface area contributed by atoms with Gasteiger partial charge in [-0.15, -0.1) is 0 Å². The number of ether oxygens (including phenoxy) is 1. The molecule has 0 spiro atoms. The maximum absolute atomic E-state index is 12.9. The molecule has 35 heavy (non-hydrogen) atoms. The van der Waals surface area contributed by atoms with Gasteiger partial charge in [-0.1, -0.05) is 42.8 Å². The molecular formula is C27H36ClN5O2. The Balaban J connectivity index is 1.19. The number of halogens is 1. The molecule has 0 unspecified atom stereocenters. The van der Waals surface area contributed by atoms with Crippen LogP contribution in [-0.4, -0.2) is 58.6 Å². The molecule has 1 fully saturated rings. The summed E-state index contributed by atoms with van der Waals surface area (Å²) in [5.74, 6) is 1.76. The molecule has 1 aliphatic heterocycles. The molecule has 7 nitrogen and oxygen atoms in total. The summed E-state index contributed by atoms with van der Waals surface area (Å²) in [7, 11) is 0. The summed E-state index contributed by atoms with van der Waals surface area (Å²) in [6, 6.07) is 17.9. The number of benzene rings is 2. The molecule has 4 rings (SSSR count). The number of rotatable bonds is 12. The van der Waals surface area contributed by atoms with Gasteiger partial charge in [0, 0.05) is 62.9 Å². The highest BCUT2D eigenvalue weighted by Crippen LogP contribution is 2.20. The van der Waals surface area contributed by atoms with Crippen molar-refractivity contribution in [1.82, 2.24) is 19.2 Å². The maximum atomic E-state index is 12.9. The van der Waals surface area contributed by atoms with Gasteiger partial charge in [0.1, 0.15) is 11.6 Å². The van der Waals surface area contributed by atoms with Crippen molar-refractivity contribution in [3.8, 4) is 5.75 Å². The minimum Gasteiger partial charge on any atom is -0.494 e. The third-order valence-corrected chi connectivity index (χ3v) is 6.73. The smallest absolute Gasteiger partial charge is 0.345 e. The summed E-state index contributed by atoms with van der Waals surface area (Å²) in [5.41, 5.74) is 1.20. The number of nitrogens with zero attached hydrogens (tertiary/aromatic N) is 5. The lowest BCUT2D eigenvalue weighted by Crippen LogP contribution is -2.46. The number of unbranched alkanes of at least 4 members (excludes halogenated alkanes) is 1. The standard InChI is InChI=1S/C27H36ClN5O2/c1-2-26-29-33(27(34)32(26)15-6-7-21-35-25-12-4-3-5-13-25)16-9-14-30-17-19-31(20-18-30)24-11-8-10-23(28)22-24/h3-5,8,10-13,22H,2,6-7,9,14-21H2,1H3. The Labute approximate surface area is 212 Å². The van der Waals surface area contributed by atoms with E-state index in [0.29, 0.717) is 19.7 Å². The normalized spacial score (nSPS) is 14.4. The number of para-hydroxylation sites is 1. The lowest BCUT2D eigenvalue weighted by Gasteiger charge is -2.36. The van der Waals surface area contributed by atoms with Crippen LogP contribution in [0.1, 0.15) is 32.0 Å². The molecule has 3 aromatic rings. The predicted molar refractivity (Wildman–Crippen MR) is 142 cm³/mol. The summed E-state index contributed by atoms with van der Waals surface area (Å²) in [6.45, 7) is 9.03. The van der Waals surface area contributed by atoms with Crippen LogP contribution in [0.4, 0.5) is 5.69 Å². The van der Waals surface area contributed by atoms with Crippen LogP contribution in [0.3, 0.4) is 0 Å². The number of hydrogen-bond donors (Lipinski definition) is 0. The van der Waals surface area contributed by atoms with Crippen molar-refractivity contribution in [3.05, 3.63) is 75.9 Å². The molecule has 0 radical (unpaired) electrons. The van der Waals surface area contributed by atoms with Crippen molar-refractivity contribution in [3.63, 3.8) is 0 Å². The van der Waals surface area contributed by atoms with Crippen LogP contribution in [0.15, 0.2) is 59.4 Å². The molecule has 1 saturated heterocycles. The maximum Gasteiger partial charge on any atom is 0.345 e. The fourth-order valence-electron chi connectivity index (χ4n) is 4.54. The van der Waals surface area contributed by atoms with Gasteiger partial charge in [-0.05, 0) is 49.6 Å². The number of aryl methyl sites for hydroxylation is 2. The van der Waals surface area contributed by atoms with Crippen LogP contribution in [0.2, 0.25) is 5.02 Å². The Morgan fingerprint density at radius 3 is 2.46 bits per heavy atom. The number of anilines is 1. The second-order valence-corrected chi connectivity index (χ2v) is 9.39. The molecule has 0 aliphatic carbocycles. The van der Waals surface area contributed by atoms with Crippen molar-refractivity contribution < 1.29 is 4.74 Å². The Morgan fingerprint density at radius 2 is 1.71 bits per heavy atom. The average molecular weight is 498 g/mol. The van der Waals surface area contributed by atoms with Crippen molar-refractivity contribution in [2.24, 2.45) is 0 Å². The van der Waals surface area contributed by atoms with Gasteiger partial charge in [0.25, 0.3) is 0 Å². The van der Waals surface area contributed by atoms with Gasteiger partial charge < -0.3 is 9.64 Å². The molecule has 2 heterocycles. The first-order valence-corrected chi connectivity index (χ1v) is 13.1. The molecular weight excluding hydrogens is 462 g/mol. The molecule has 0 bridgehead atoms. The molecule has 8 heteroatoms. The van der Waals surface area contributed by atoms with E-state index in [1.54, 1.807) is 4.68 Å². The summed E-state index contributed by atoms with van der Waals surface area (Å²) < 4.78 is 9.26. The molecule has 188 valence electrons. The summed E-state index contributed by atoms with van der Waals surface area (Å²) in [4.78, 5) is 17.8. The quantitative estimate of drug-likeness (QED) is 0.348. The first-order valence-electron chi connectivity index (χ1n) is 12.7. The number of piperazine rings is 1. The van der Waals surface area contributed by atoms with Gasteiger partial charge in [0.15, 0.2) is 0 Å². The van der Waals surface area contributed by atoms with Crippen LogP contribution in [-0.2, 0) is 19.5 Å². The van der Waals surface area contributed by atoms with E-state index in [1.165, 1.54) is 5.69 Å². The predicted octanol–water partition coefficient (Wildman–Crippen LogP) is 4.33. The zero-order valence-electron chi connectivity index (χ0n) is 20.6. The molecule has 1 aromatic heterocycles. The monoisotopic (exact) mass is 497 g/mol. The molecule has 0 N–H and O–H groups in total. The minimum absolute atomic E-state index is 0.0107. The summed E-state index contributed by atoms with van der Waals surface area (Å²) >= 11 is 6.14. The molecule has 0 amide bonds. The van der Waals surface area contributed by atoms with Gasteiger partial charge in [-0.2, -0.15) is 5.10 Å². The third kappa shape index (κ3) is 7.12. The molecule has 0 saturated carbocycles. The fourth-order valence-corrected chi connectivity index (χ4v) is 4.73. The molecule has 1 aliphatic rings. The zero-order valence-corrected chi connectivity index (χ0v) is 21.4. The highest BCUT2D eigenvalue weighted by atomic mass is 35.5. The van der Waals surface area contributed by atoms with Crippen molar-refractivity contribution in [2.75, 3.05) is 44.2 Å². The van der Waals surface area contributed by atoms with Crippen molar-refractivity contribution in [2.45, 2.75) is 45.7 Å². The Bertz CT molecular complexity index is 1110. The number of hydrogen-bond acceptors (Lipinski definition) is 5. The van der Waals surface area contributed by atoms with Crippen LogP contribution in [0, 0.1) is 0 Å². The first kappa shape index (κ1) is 25.3. The highest BCUT2D eigenvalue weighted by Gasteiger charge is 2.18. The van der Waals surface area contributed by atoms with Gasteiger partial charge >= 0.3 is 5.69 Å². The summed E-state index contributed by atoms with van der Waals surface area (Å²) in [6.07, 6.45) is 3.47. The van der Waals surface area contributed by atoms with Crippen LogP contribution >= 0.6 is 11.6 Å². The average Bonchev–Trinajstić information content (AvgIpc) is 3.19. The first-order chi connectivity index (χ1) is 17.1. The van der Waals surface area contributed by atoms with Crippen molar-refractivity contribution in [1.29, 1.82) is 0 Å². The van der Waals surface area contributed by atoms with E-state index in [1.807, 2.05) is 53.1 Å². The van der Waals surface area contributed by atoms with Gasteiger partial charge in [0.2, 0.25) is 0 Å². The Hall–Kier alpha value is -2.77.